The van der Waals surface area contributed by atoms with Crippen LogP contribution in [0.1, 0.15) is 77.0 Å². The molecule has 0 spiro atoms. The van der Waals surface area contributed by atoms with Crippen molar-refractivity contribution in [1.82, 2.24) is 0 Å². The monoisotopic (exact) mass is 312 g/mol. The topological polar surface area (TPSA) is 0 Å². The lowest BCUT2D eigenvalue weighted by Crippen LogP contribution is -1.77. The Balaban J connectivity index is 2.40. The summed E-state index contributed by atoms with van der Waals surface area (Å²) in [6.07, 6.45) is 13.0. The molecular formula is C24H24. The summed E-state index contributed by atoms with van der Waals surface area (Å²) in [6.45, 7) is 0. The molecule has 0 aromatic carbocycles. The van der Waals surface area contributed by atoms with E-state index in [9.17, 15) is 0 Å². The predicted molar refractivity (Wildman–Crippen MR) is 102 cm³/mol. The normalized spacial score (nSPS) is 16.0. The fraction of sp³-hybridized carbons (Fsp3) is 0.500. The molecule has 0 fully saturated rings. The first-order valence-corrected chi connectivity index (χ1v) is 8.91. The average molecular weight is 312 g/mol. The Labute approximate surface area is 148 Å². The van der Waals surface area contributed by atoms with Gasteiger partial charge in [0.15, 0.2) is 0 Å². The molecule has 0 heteroatoms. The fourth-order valence-electron chi connectivity index (χ4n) is 2.11. The van der Waals surface area contributed by atoms with Gasteiger partial charge in [0.1, 0.15) is 0 Å². The molecule has 0 saturated carbocycles. The Bertz CT molecular complexity index is 586. The highest BCUT2D eigenvalue weighted by Gasteiger charge is 1.88. The number of hydrogen-bond acceptors (Lipinski definition) is 0. The van der Waals surface area contributed by atoms with E-state index in [2.05, 4.69) is 71.0 Å². The van der Waals surface area contributed by atoms with Crippen LogP contribution in [0.15, 0.2) is 0 Å². The van der Waals surface area contributed by atoms with Crippen LogP contribution in [0.4, 0.5) is 0 Å². The van der Waals surface area contributed by atoms with Gasteiger partial charge in [-0.2, -0.15) is 0 Å². The zero-order valence-electron chi connectivity index (χ0n) is 14.5. The van der Waals surface area contributed by atoms with E-state index in [-0.39, 0.29) is 0 Å². The third kappa shape index (κ3) is 14.3. The van der Waals surface area contributed by atoms with E-state index >= 15 is 0 Å². The van der Waals surface area contributed by atoms with Gasteiger partial charge in [0, 0.05) is 25.7 Å². The summed E-state index contributed by atoms with van der Waals surface area (Å²) < 4.78 is 0. The van der Waals surface area contributed by atoms with Crippen LogP contribution in [0.5, 0.6) is 0 Å². The van der Waals surface area contributed by atoms with Crippen molar-refractivity contribution in [3.8, 4) is 71.0 Å². The van der Waals surface area contributed by atoms with Gasteiger partial charge in [-0.05, 0) is 73.0 Å². The Morgan fingerprint density at radius 2 is 0.500 bits per heavy atom. The molecular weight excluding hydrogens is 288 g/mol. The van der Waals surface area contributed by atoms with Crippen molar-refractivity contribution in [2.75, 3.05) is 0 Å². The highest BCUT2D eigenvalue weighted by atomic mass is 13.9. The van der Waals surface area contributed by atoms with Crippen LogP contribution >= 0.6 is 0 Å². The van der Waals surface area contributed by atoms with Crippen molar-refractivity contribution in [3.63, 3.8) is 0 Å². The highest BCUT2D eigenvalue weighted by molar-refractivity contribution is 5.36. The molecule has 0 radical (unpaired) electrons. The van der Waals surface area contributed by atoms with Gasteiger partial charge in [-0.1, -0.05) is 49.4 Å². The average Bonchev–Trinajstić information content (AvgIpc) is 2.59. The molecule has 1 rings (SSSR count). The SMILES string of the molecule is C1#CC#CCCCCCCC#CC#CC#CCCCCCCC#C1. The summed E-state index contributed by atoms with van der Waals surface area (Å²) in [7, 11) is 0. The first-order chi connectivity index (χ1) is 12.0. The number of hydrogen-bond donors (Lipinski definition) is 0. The molecule has 1 aliphatic carbocycles. The van der Waals surface area contributed by atoms with E-state index in [1.165, 1.54) is 25.7 Å². The quantitative estimate of drug-likeness (QED) is 0.569. The molecule has 0 aromatic rings. The summed E-state index contributed by atoms with van der Waals surface area (Å²) in [5.41, 5.74) is 0. The Kier molecular flexibility index (Phi) is 13.5. The standard InChI is InChI=1S/C24H24/c1-2-4-6-8-10-12-14-16-18-20-22-24-23-21-19-17-15-13-11-9-7-5-3-1/h1-6,19-24H2. The fourth-order valence-corrected chi connectivity index (χ4v) is 2.11. The van der Waals surface area contributed by atoms with Gasteiger partial charge in [0.2, 0.25) is 0 Å². The molecule has 24 heavy (non-hydrogen) atoms. The smallest absolute Gasteiger partial charge is 0.00989 e. The first kappa shape index (κ1) is 19.4. The van der Waals surface area contributed by atoms with E-state index in [4.69, 9.17) is 0 Å². The lowest BCUT2D eigenvalue weighted by molar-refractivity contribution is 0.661. The molecule has 0 aromatic heterocycles. The molecule has 0 atom stereocenters. The second-order valence-corrected chi connectivity index (χ2v) is 5.54. The van der Waals surface area contributed by atoms with E-state index in [0.29, 0.717) is 0 Å². The summed E-state index contributed by atoms with van der Waals surface area (Å²) in [6, 6.07) is 0. The number of rotatable bonds is 0. The molecule has 120 valence electrons. The summed E-state index contributed by atoms with van der Waals surface area (Å²) in [4.78, 5) is 0. The second kappa shape index (κ2) is 16.7. The molecule has 0 amide bonds. The lowest BCUT2D eigenvalue weighted by Gasteiger charge is -1.94. The van der Waals surface area contributed by atoms with Crippen LogP contribution in [0, 0.1) is 71.0 Å². The van der Waals surface area contributed by atoms with E-state index in [1.807, 2.05) is 0 Å². The Morgan fingerprint density at radius 3 is 0.750 bits per heavy atom. The van der Waals surface area contributed by atoms with E-state index in [1.54, 1.807) is 0 Å². The van der Waals surface area contributed by atoms with Crippen LogP contribution in [0.25, 0.3) is 0 Å². The molecule has 0 saturated heterocycles. The molecule has 0 nitrogen and oxygen atoms in total. The molecule has 0 aliphatic heterocycles. The molecule has 0 bridgehead atoms. The lowest BCUT2D eigenvalue weighted by atomic mass is 10.1. The molecule has 0 unspecified atom stereocenters. The third-order valence-corrected chi connectivity index (χ3v) is 3.44. The van der Waals surface area contributed by atoms with Crippen LogP contribution in [0.2, 0.25) is 0 Å². The van der Waals surface area contributed by atoms with Crippen molar-refractivity contribution in [3.05, 3.63) is 0 Å². The van der Waals surface area contributed by atoms with Gasteiger partial charge in [0.05, 0.1) is 0 Å². The summed E-state index contributed by atoms with van der Waals surface area (Å²) in [5.74, 6) is 35.0. The van der Waals surface area contributed by atoms with Crippen molar-refractivity contribution in [2.45, 2.75) is 77.0 Å². The Morgan fingerprint density at radius 1 is 0.250 bits per heavy atom. The van der Waals surface area contributed by atoms with Crippen LogP contribution in [0.3, 0.4) is 0 Å². The molecule has 1 aliphatic rings. The van der Waals surface area contributed by atoms with Gasteiger partial charge >= 0.3 is 0 Å². The van der Waals surface area contributed by atoms with Crippen LogP contribution in [-0.4, -0.2) is 0 Å². The maximum atomic E-state index is 3.09. The Hall–Kier alpha value is -2.64. The van der Waals surface area contributed by atoms with Crippen LogP contribution in [-0.2, 0) is 0 Å². The molecule has 0 heterocycles. The maximum Gasteiger partial charge on any atom is 0.00989 e. The van der Waals surface area contributed by atoms with Crippen molar-refractivity contribution >= 4 is 0 Å². The van der Waals surface area contributed by atoms with Gasteiger partial charge in [-0.3, -0.25) is 0 Å². The molecule has 0 N–H and O–H groups in total. The van der Waals surface area contributed by atoms with Gasteiger partial charge in [0.25, 0.3) is 0 Å². The first-order valence-electron chi connectivity index (χ1n) is 8.91. The predicted octanol–water partition coefficient (Wildman–Crippen LogP) is 4.70. The second-order valence-electron chi connectivity index (χ2n) is 5.54. The highest BCUT2D eigenvalue weighted by Crippen LogP contribution is 2.04. The summed E-state index contributed by atoms with van der Waals surface area (Å²) >= 11 is 0. The minimum atomic E-state index is 0.915. The largest absolute Gasteiger partial charge is 0.0891 e. The minimum Gasteiger partial charge on any atom is -0.0891 e. The van der Waals surface area contributed by atoms with Crippen molar-refractivity contribution in [1.29, 1.82) is 0 Å². The summed E-state index contributed by atoms with van der Waals surface area (Å²) in [5, 5.41) is 0. The van der Waals surface area contributed by atoms with Gasteiger partial charge in [-0.15, -0.1) is 0 Å². The zero-order valence-corrected chi connectivity index (χ0v) is 14.5. The maximum absolute atomic E-state index is 3.09. The third-order valence-electron chi connectivity index (χ3n) is 3.44. The van der Waals surface area contributed by atoms with Crippen LogP contribution < -0.4 is 0 Å². The van der Waals surface area contributed by atoms with E-state index < -0.39 is 0 Å². The zero-order chi connectivity index (χ0) is 17.0. The minimum absolute atomic E-state index is 0.915. The van der Waals surface area contributed by atoms with Crippen molar-refractivity contribution < 1.29 is 0 Å². The van der Waals surface area contributed by atoms with Gasteiger partial charge in [-0.25, -0.2) is 0 Å². The van der Waals surface area contributed by atoms with E-state index in [0.717, 1.165) is 51.4 Å². The van der Waals surface area contributed by atoms with Crippen molar-refractivity contribution in [2.24, 2.45) is 0 Å². The van der Waals surface area contributed by atoms with Gasteiger partial charge < -0.3 is 0 Å².